The van der Waals surface area contributed by atoms with Crippen molar-refractivity contribution >= 4 is 15.6 Å². The molecule has 1 aromatic carbocycles. The fourth-order valence-corrected chi connectivity index (χ4v) is 2.81. The Bertz CT molecular complexity index is 519. The Balaban J connectivity index is 2.54. The van der Waals surface area contributed by atoms with E-state index in [9.17, 15) is 13.2 Å². The summed E-state index contributed by atoms with van der Waals surface area (Å²) in [6.07, 6.45) is 0.961. The van der Waals surface area contributed by atoms with Gasteiger partial charge in [-0.15, -0.1) is 0 Å². The molecule has 0 aliphatic heterocycles. The molecule has 0 amide bonds. The van der Waals surface area contributed by atoms with Crippen LogP contribution in [-0.4, -0.2) is 39.8 Å². The smallest absolute Gasteiger partial charge is 0.185 e. The van der Waals surface area contributed by atoms with E-state index in [1.54, 1.807) is 12.1 Å². The predicted octanol–water partition coefficient (Wildman–Crippen LogP) is 1.85. The number of benzene rings is 1. The molecule has 112 valence electrons. The van der Waals surface area contributed by atoms with Gasteiger partial charge in [-0.1, -0.05) is 6.92 Å². The van der Waals surface area contributed by atoms with Gasteiger partial charge < -0.3 is 9.47 Å². The van der Waals surface area contributed by atoms with Crippen LogP contribution in [0.25, 0.3) is 0 Å². The average Bonchev–Trinajstić information content (AvgIpc) is 2.37. The molecule has 0 unspecified atom stereocenters. The van der Waals surface area contributed by atoms with E-state index in [-0.39, 0.29) is 10.7 Å². The number of sulfone groups is 1. The Labute approximate surface area is 119 Å². The van der Waals surface area contributed by atoms with Crippen LogP contribution in [0.4, 0.5) is 0 Å². The van der Waals surface area contributed by atoms with E-state index in [0.29, 0.717) is 25.6 Å². The highest BCUT2D eigenvalue weighted by atomic mass is 32.2. The van der Waals surface area contributed by atoms with Gasteiger partial charge in [0.25, 0.3) is 0 Å². The van der Waals surface area contributed by atoms with Crippen molar-refractivity contribution in [2.75, 3.05) is 25.6 Å². The summed E-state index contributed by atoms with van der Waals surface area (Å²) in [5.41, 5.74) is 0. The first-order valence-electron chi connectivity index (χ1n) is 6.48. The van der Waals surface area contributed by atoms with Crippen molar-refractivity contribution in [3.8, 4) is 5.75 Å². The number of ketones is 1. The lowest BCUT2D eigenvalue weighted by Gasteiger charge is -2.07. The van der Waals surface area contributed by atoms with E-state index in [4.69, 9.17) is 9.47 Å². The van der Waals surface area contributed by atoms with Gasteiger partial charge in [-0.3, -0.25) is 4.79 Å². The second-order valence-corrected chi connectivity index (χ2v) is 6.38. The first kappa shape index (κ1) is 16.7. The molecule has 0 radical (unpaired) electrons. The lowest BCUT2D eigenvalue weighted by molar-refractivity contribution is -0.114. The average molecular weight is 300 g/mol. The molecular formula is C14H20O5S. The van der Waals surface area contributed by atoms with Crippen molar-refractivity contribution in [3.63, 3.8) is 0 Å². The van der Waals surface area contributed by atoms with E-state index in [1.165, 1.54) is 19.1 Å². The third kappa shape index (κ3) is 5.71. The molecule has 0 aliphatic carbocycles. The van der Waals surface area contributed by atoms with Crippen LogP contribution in [-0.2, 0) is 19.4 Å². The van der Waals surface area contributed by atoms with Gasteiger partial charge in [0.05, 0.1) is 11.5 Å². The molecule has 0 fully saturated rings. The second kappa shape index (κ2) is 8.01. The lowest BCUT2D eigenvalue weighted by Crippen LogP contribution is -2.13. The van der Waals surface area contributed by atoms with E-state index >= 15 is 0 Å². The Morgan fingerprint density at radius 1 is 1.10 bits per heavy atom. The number of hydrogen-bond acceptors (Lipinski definition) is 5. The van der Waals surface area contributed by atoms with Crippen LogP contribution in [0.1, 0.15) is 20.3 Å². The van der Waals surface area contributed by atoms with Gasteiger partial charge in [-0.2, -0.15) is 0 Å². The molecule has 6 heteroatoms. The molecular weight excluding hydrogens is 280 g/mol. The minimum absolute atomic E-state index is 0.127. The molecule has 0 spiro atoms. The van der Waals surface area contributed by atoms with Gasteiger partial charge in [0.1, 0.15) is 23.9 Å². The Morgan fingerprint density at radius 2 is 1.75 bits per heavy atom. The Hall–Kier alpha value is -1.40. The molecule has 1 aromatic rings. The van der Waals surface area contributed by atoms with Crippen molar-refractivity contribution in [2.24, 2.45) is 0 Å². The fourth-order valence-electron chi connectivity index (χ4n) is 1.56. The van der Waals surface area contributed by atoms with Gasteiger partial charge in [0.15, 0.2) is 9.84 Å². The zero-order valence-corrected chi connectivity index (χ0v) is 12.6. The maximum Gasteiger partial charge on any atom is 0.185 e. The Kier molecular flexibility index (Phi) is 6.67. The van der Waals surface area contributed by atoms with E-state index in [2.05, 4.69) is 0 Å². The number of hydrogen-bond donors (Lipinski definition) is 0. The normalized spacial score (nSPS) is 11.3. The number of carbonyl (C=O) groups excluding carboxylic acids is 1. The largest absolute Gasteiger partial charge is 0.491 e. The molecule has 5 nitrogen and oxygen atoms in total. The third-order valence-electron chi connectivity index (χ3n) is 2.42. The summed E-state index contributed by atoms with van der Waals surface area (Å²) in [7, 11) is -3.54. The molecule has 0 N–H and O–H groups in total. The molecule has 1 rings (SSSR count). The quantitative estimate of drug-likeness (QED) is 0.651. The summed E-state index contributed by atoms with van der Waals surface area (Å²) in [5.74, 6) is -0.275. The molecule has 0 aromatic heterocycles. The van der Waals surface area contributed by atoms with Crippen molar-refractivity contribution in [1.82, 2.24) is 0 Å². The number of rotatable bonds is 9. The molecule has 0 saturated carbocycles. The summed E-state index contributed by atoms with van der Waals surface area (Å²) in [6, 6.07) is 6.04. The summed E-state index contributed by atoms with van der Waals surface area (Å²) < 4.78 is 34.3. The molecule has 20 heavy (non-hydrogen) atoms. The van der Waals surface area contributed by atoms with Gasteiger partial charge in [0.2, 0.25) is 0 Å². The highest BCUT2D eigenvalue weighted by molar-refractivity contribution is 7.92. The van der Waals surface area contributed by atoms with Crippen LogP contribution in [0.15, 0.2) is 29.2 Å². The van der Waals surface area contributed by atoms with Crippen molar-refractivity contribution in [2.45, 2.75) is 25.2 Å². The van der Waals surface area contributed by atoms with E-state index in [1.807, 2.05) is 6.92 Å². The number of carbonyl (C=O) groups is 1. The van der Waals surface area contributed by atoms with Crippen molar-refractivity contribution in [3.05, 3.63) is 24.3 Å². The van der Waals surface area contributed by atoms with E-state index < -0.39 is 15.6 Å². The van der Waals surface area contributed by atoms with Gasteiger partial charge >= 0.3 is 0 Å². The first-order chi connectivity index (χ1) is 9.45. The van der Waals surface area contributed by atoms with Gasteiger partial charge in [0, 0.05) is 6.61 Å². The fraction of sp³-hybridized carbons (Fsp3) is 0.500. The van der Waals surface area contributed by atoms with Crippen LogP contribution < -0.4 is 4.74 Å². The van der Waals surface area contributed by atoms with Crippen LogP contribution >= 0.6 is 0 Å². The zero-order valence-electron chi connectivity index (χ0n) is 11.8. The summed E-state index contributed by atoms with van der Waals surface area (Å²) in [4.78, 5) is 11.0. The highest BCUT2D eigenvalue weighted by Gasteiger charge is 2.16. The van der Waals surface area contributed by atoms with Gasteiger partial charge in [-0.05, 0) is 37.6 Å². The first-order valence-corrected chi connectivity index (χ1v) is 8.13. The van der Waals surface area contributed by atoms with E-state index in [0.717, 1.165) is 6.42 Å². The lowest BCUT2D eigenvalue weighted by atomic mass is 10.3. The maximum atomic E-state index is 11.8. The molecule has 0 heterocycles. The minimum atomic E-state index is -3.54. The number of ether oxygens (including phenoxy) is 2. The topological polar surface area (TPSA) is 69.7 Å². The summed E-state index contributed by atoms with van der Waals surface area (Å²) in [5, 5.41) is 0. The summed E-state index contributed by atoms with van der Waals surface area (Å²) in [6.45, 7) is 4.90. The molecule has 0 saturated heterocycles. The molecule has 0 aliphatic rings. The maximum absolute atomic E-state index is 11.8. The predicted molar refractivity (Wildman–Crippen MR) is 75.8 cm³/mol. The van der Waals surface area contributed by atoms with Crippen LogP contribution in [0.5, 0.6) is 5.75 Å². The minimum Gasteiger partial charge on any atom is -0.491 e. The van der Waals surface area contributed by atoms with Gasteiger partial charge in [-0.25, -0.2) is 8.42 Å². The second-order valence-electron chi connectivity index (χ2n) is 4.39. The summed E-state index contributed by atoms with van der Waals surface area (Å²) >= 11 is 0. The third-order valence-corrected chi connectivity index (χ3v) is 4.20. The van der Waals surface area contributed by atoms with Crippen LogP contribution in [0.3, 0.4) is 0 Å². The SMILES string of the molecule is CCCOCCOc1ccc(S(=O)(=O)CC(C)=O)cc1. The molecule has 0 atom stereocenters. The van der Waals surface area contributed by atoms with Crippen LogP contribution in [0, 0.1) is 0 Å². The van der Waals surface area contributed by atoms with Crippen LogP contribution in [0.2, 0.25) is 0 Å². The number of Topliss-reactive ketones (excluding diaryl/α,β-unsaturated/α-hetero) is 1. The molecule has 0 bridgehead atoms. The monoisotopic (exact) mass is 300 g/mol. The standard InChI is InChI=1S/C14H20O5S/c1-3-8-18-9-10-19-13-4-6-14(7-5-13)20(16,17)11-12(2)15/h4-7H,3,8-11H2,1-2H3. The van der Waals surface area contributed by atoms with Crippen molar-refractivity contribution < 1.29 is 22.7 Å². The van der Waals surface area contributed by atoms with Crippen molar-refractivity contribution in [1.29, 1.82) is 0 Å². The Morgan fingerprint density at radius 3 is 2.30 bits per heavy atom. The zero-order chi connectivity index (χ0) is 15.0. The highest BCUT2D eigenvalue weighted by Crippen LogP contribution is 2.17.